The van der Waals surface area contributed by atoms with Crippen LogP contribution in [0.1, 0.15) is 11.5 Å². The predicted molar refractivity (Wildman–Crippen MR) is 80.5 cm³/mol. The van der Waals surface area contributed by atoms with Crippen molar-refractivity contribution < 1.29 is 4.42 Å². The van der Waals surface area contributed by atoms with E-state index in [4.69, 9.17) is 4.42 Å². The summed E-state index contributed by atoms with van der Waals surface area (Å²) < 4.78 is 5.70. The van der Waals surface area contributed by atoms with Gasteiger partial charge >= 0.3 is 0 Å². The van der Waals surface area contributed by atoms with Crippen LogP contribution >= 0.6 is 11.8 Å². The highest BCUT2D eigenvalue weighted by atomic mass is 32.2. The second-order valence-corrected chi connectivity index (χ2v) is 5.52. The van der Waals surface area contributed by atoms with Crippen LogP contribution in [0.3, 0.4) is 0 Å². The Kier molecular flexibility index (Phi) is 3.83. The third-order valence-electron chi connectivity index (χ3n) is 2.84. The summed E-state index contributed by atoms with van der Waals surface area (Å²) in [5.74, 6) is 1.91. The van der Waals surface area contributed by atoms with E-state index < -0.39 is 0 Å². The van der Waals surface area contributed by atoms with Gasteiger partial charge in [0.05, 0.1) is 5.75 Å². The maximum Gasteiger partial charge on any atom is 0.247 e. The lowest BCUT2D eigenvalue weighted by Crippen LogP contribution is -1.80. The first-order chi connectivity index (χ1) is 9.81. The fraction of sp³-hybridized carbons (Fsp3) is 0.125. The van der Waals surface area contributed by atoms with Gasteiger partial charge in [0.2, 0.25) is 11.8 Å². The van der Waals surface area contributed by atoms with E-state index in [9.17, 15) is 0 Å². The van der Waals surface area contributed by atoms with Crippen LogP contribution in [0.25, 0.3) is 11.5 Å². The summed E-state index contributed by atoms with van der Waals surface area (Å²) in [6.45, 7) is 2.05. The van der Waals surface area contributed by atoms with Gasteiger partial charge < -0.3 is 4.42 Å². The maximum atomic E-state index is 5.70. The van der Waals surface area contributed by atoms with Gasteiger partial charge in [-0.2, -0.15) is 0 Å². The van der Waals surface area contributed by atoms with Crippen molar-refractivity contribution in [3.8, 4) is 11.5 Å². The Morgan fingerprint density at radius 2 is 1.85 bits per heavy atom. The first-order valence-corrected chi connectivity index (χ1v) is 7.37. The van der Waals surface area contributed by atoms with Crippen molar-refractivity contribution in [2.45, 2.75) is 17.6 Å². The van der Waals surface area contributed by atoms with Gasteiger partial charge in [0.25, 0.3) is 0 Å². The number of aryl methyl sites for hydroxylation is 1. The highest BCUT2D eigenvalue weighted by Crippen LogP contribution is 2.24. The van der Waals surface area contributed by atoms with E-state index in [1.54, 1.807) is 11.8 Å². The zero-order valence-corrected chi connectivity index (χ0v) is 11.9. The molecule has 3 rings (SSSR count). The highest BCUT2D eigenvalue weighted by molar-refractivity contribution is 7.98. The van der Waals surface area contributed by atoms with E-state index in [0.717, 1.165) is 5.56 Å². The standard InChI is InChI=1S/C16H14N2OS/c1-12-6-5-7-13(10-12)16-18-17-15(19-16)11-20-14-8-3-2-4-9-14/h2-10H,11H2,1H3. The van der Waals surface area contributed by atoms with Gasteiger partial charge in [0, 0.05) is 10.5 Å². The number of hydrogen-bond donors (Lipinski definition) is 0. The summed E-state index contributed by atoms with van der Waals surface area (Å²) in [4.78, 5) is 1.20. The molecule has 2 aromatic carbocycles. The fourth-order valence-corrected chi connectivity index (χ4v) is 2.62. The van der Waals surface area contributed by atoms with Crippen LogP contribution in [0.4, 0.5) is 0 Å². The van der Waals surface area contributed by atoms with E-state index in [1.807, 2.05) is 49.4 Å². The van der Waals surface area contributed by atoms with E-state index in [0.29, 0.717) is 17.5 Å². The first kappa shape index (κ1) is 12.9. The summed E-state index contributed by atoms with van der Waals surface area (Å²) in [6.07, 6.45) is 0. The summed E-state index contributed by atoms with van der Waals surface area (Å²) in [7, 11) is 0. The zero-order chi connectivity index (χ0) is 13.8. The molecule has 0 saturated heterocycles. The molecule has 0 bridgehead atoms. The third-order valence-corrected chi connectivity index (χ3v) is 3.83. The normalized spacial score (nSPS) is 10.7. The quantitative estimate of drug-likeness (QED) is 0.667. The van der Waals surface area contributed by atoms with Gasteiger partial charge in [-0.3, -0.25) is 0 Å². The summed E-state index contributed by atoms with van der Waals surface area (Å²) in [5.41, 5.74) is 2.15. The molecule has 0 amide bonds. The monoisotopic (exact) mass is 282 g/mol. The molecule has 0 saturated carbocycles. The second kappa shape index (κ2) is 5.92. The van der Waals surface area contributed by atoms with Crippen molar-refractivity contribution in [3.05, 3.63) is 66.1 Å². The molecule has 3 aromatic rings. The Morgan fingerprint density at radius 3 is 2.65 bits per heavy atom. The van der Waals surface area contributed by atoms with Gasteiger partial charge in [0.15, 0.2) is 0 Å². The van der Waals surface area contributed by atoms with Crippen LogP contribution in [0, 0.1) is 6.92 Å². The van der Waals surface area contributed by atoms with Crippen molar-refractivity contribution >= 4 is 11.8 Å². The molecular formula is C16H14N2OS. The molecule has 0 aliphatic carbocycles. The molecule has 20 heavy (non-hydrogen) atoms. The first-order valence-electron chi connectivity index (χ1n) is 6.38. The lowest BCUT2D eigenvalue weighted by atomic mass is 10.1. The lowest BCUT2D eigenvalue weighted by Gasteiger charge is -1.97. The molecule has 0 aliphatic rings. The third kappa shape index (κ3) is 3.08. The minimum Gasteiger partial charge on any atom is -0.420 e. The highest BCUT2D eigenvalue weighted by Gasteiger charge is 2.08. The average molecular weight is 282 g/mol. The molecule has 0 unspecified atom stereocenters. The topological polar surface area (TPSA) is 38.9 Å². The van der Waals surface area contributed by atoms with Crippen molar-refractivity contribution in [2.75, 3.05) is 0 Å². The predicted octanol–water partition coefficient (Wildman–Crippen LogP) is 4.34. The molecule has 100 valence electrons. The van der Waals surface area contributed by atoms with Crippen molar-refractivity contribution in [1.82, 2.24) is 10.2 Å². The molecule has 0 atom stereocenters. The number of benzene rings is 2. The summed E-state index contributed by atoms with van der Waals surface area (Å²) in [5, 5.41) is 8.21. The number of hydrogen-bond acceptors (Lipinski definition) is 4. The van der Waals surface area contributed by atoms with Crippen LogP contribution in [0.15, 0.2) is 63.9 Å². The van der Waals surface area contributed by atoms with E-state index in [2.05, 4.69) is 22.3 Å². The van der Waals surface area contributed by atoms with Crippen LogP contribution < -0.4 is 0 Å². The molecule has 0 fully saturated rings. The molecule has 4 heteroatoms. The number of aromatic nitrogens is 2. The van der Waals surface area contributed by atoms with Gasteiger partial charge in [-0.1, -0.05) is 35.9 Å². The summed E-state index contributed by atoms with van der Waals surface area (Å²) in [6, 6.07) is 18.3. The smallest absolute Gasteiger partial charge is 0.247 e. The molecule has 1 aromatic heterocycles. The van der Waals surface area contributed by atoms with Crippen LogP contribution in [0.2, 0.25) is 0 Å². The van der Waals surface area contributed by atoms with Gasteiger partial charge in [-0.25, -0.2) is 0 Å². The number of thioether (sulfide) groups is 1. The average Bonchev–Trinajstić information content (AvgIpc) is 2.95. The lowest BCUT2D eigenvalue weighted by molar-refractivity contribution is 0.528. The summed E-state index contributed by atoms with van der Waals surface area (Å²) >= 11 is 1.69. The minimum absolute atomic E-state index is 0.581. The SMILES string of the molecule is Cc1cccc(-c2nnc(CSc3ccccc3)o2)c1. The largest absolute Gasteiger partial charge is 0.420 e. The Bertz CT molecular complexity index is 694. The van der Waals surface area contributed by atoms with Crippen molar-refractivity contribution in [3.63, 3.8) is 0 Å². The van der Waals surface area contributed by atoms with E-state index >= 15 is 0 Å². The minimum atomic E-state index is 0.581. The fourth-order valence-electron chi connectivity index (χ4n) is 1.87. The Morgan fingerprint density at radius 1 is 1.00 bits per heavy atom. The molecule has 0 aliphatic heterocycles. The number of nitrogens with zero attached hydrogens (tertiary/aromatic N) is 2. The van der Waals surface area contributed by atoms with E-state index in [1.165, 1.54) is 10.5 Å². The molecule has 1 heterocycles. The number of rotatable bonds is 4. The van der Waals surface area contributed by atoms with Crippen LogP contribution in [-0.4, -0.2) is 10.2 Å². The molecule has 0 N–H and O–H groups in total. The van der Waals surface area contributed by atoms with Gasteiger partial charge in [0.1, 0.15) is 0 Å². The van der Waals surface area contributed by atoms with E-state index in [-0.39, 0.29) is 0 Å². The second-order valence-electron chi connectivity index (χ2n) is 4.47. The maximum absolute atomic E-state index is 5.70. The Labute approximate surface area is 122 Å². The van der Waals surface area contributed by atoms with Gasteiger partial charge in [-0.05, 0) is 31.2 Å². The molecule has 3 nitrogen and oxygen atoms in total. The Balaban J connectivity index is 1.71. The molecule has 0 radical (unpaired) electrons. The van der Waals surface area contributed by atoms with Crippen molar-refractivity contribution in [1.29, 1.82) is 0 Å². The Hall–Kier alpha value is -2.07. The molecule has 0 spiro atoms. The zero-order valence-electron chi connectivity index (χ0n) is 11.1. The van der Waals surface area contributed by atoms with Crippen molar-refractivity contribution in [2.24, 2.45) is 0 Å². The van der Waals surface area contributed by atoms with Gasteiger partial charge in [-0.15, -0.1) is 22.0 Å². The van der Waals surface area contributed by atoms with Crippen LogP contribution in [-0.2, 0) is 5.75 Å². The molecular weight excluding hydrogens is 268 g/mol. The van der Waals surface area contributed by atoms with Crippen LogP contribution in [0.5, 0.6) is 0 Å².